The van der Waals surface area contributed by atoms with Gasteiger partial charge in [0.05, 0.1) is 16.8 Å². The monoisotopic (exact) mass is 457 g/mol. The second-order valence-corrected chi connectivity index (χ2v) is 8.62. The Morgan fingerprint density at radius 3 is 2.44 bits per heavy atom. The minimum absolute atomic E-state index is 0.134. The summed E-state index contributed by atoms with van der Waals surface area (Å²) in [5.41, 5.74) is 3.51. The topological polar surface area (TPSA) is 67.6 Å². The number of carbonyl (C=O) groups excluding carboxylic acids is 1. The molecule has 0 aliphatic rings. The molecule has 0 aliphatic heterocycles. The largest absolute Gasteiger partial charge is 0.488 e. The first-order valence-electron chi connectivity index (χ1n) is 11.6. The van der Waals surface area contributed by atoms with Crippen molar-refractivity contribution in [3.63, 3.8) is 0 Å². The van der Waals surface area contributed by atoms with Crippen molar-refractivity contribution in [2.24, 2.45) is 0 Å². The lowest BCUT2D eigenvalue weighted by Crippen LogP contribution is -2.28. The summed E-state index contributed by atoms with van der Waals surface area (Å²) in [7, 11) is 2.10. The van der Waals surface area contributed by atoms with Crippen LogP contribution in [0.25, 0.3) is 10.8 Å². The Morgan fingerprint density at radius 2 is 1.74 bits per heavy atom. The van der Waals surface area contributed by atoms with Crippen LogP contribution in [0.2, 0.25) is 0 Å². The zero-order valence-corrected chi connectivity index (χ0v) is 20.0. The van der Waals surface area contributed by atoms with E-state index in [4.69, 9.17) is 9.26 Å². The first-order chi connectivity index (χ1) is 16.5. The lowest BCUT2D eigenvalue weighted by atomic mass is 10.1. The molecule has 4 aromatic rings. The van der Waals surface area contributed by atoms with Gasteiger partial charge in [0.15, 0.2) is 0 Å². The third-order valence-corrected chi connectivity index (χ3v) is 5.94. The molecule has 1 amide bonds. The maximum atomic E-state index is 13.1. The molecule has 3 aromatic carbocycles. The highest BCUT2D eigenvalue weighted by Crippen LogP contribution is 2.28. The Morgan fingerprint density at radius 1 is 1.03 bits per heavy atom. The van der Waals surface area contributed by atoms with Gasteiger partial charge < -0.3 is 19.5 Å². The average Bonchev–Trinajstić information content (AvgIpc) is 3.17. The predicted molar refractivity (Wildman–Crippen MR) is 134 cm³/mol. The molecule has 1 N–H and O–H groups in total. The van der Waals surface area contributed by atoms with E-state index in [1.54, 1.807) is 0 Å². The molecule has 0 fully saturated rings. The van der Waals surface area contributed by atoms with Gasteiger partial charge >= 0.3 is 0 Å². The Bertz CT molecular complexity index is 1230. The lowest BCUT2D eigenvalue weighted by molar-refractivity contribution is 0.0947. The van der Waals surface area contributed by atoms with Gasteiger partial charge in [0.2, 0.25) is 0 Å². The molecular formula is C28H31N3O3. The van der Waals surface area contributed by atoms with E-state index in [1.165, 1.54) is 5.56 Å². The standard InChI is InChI=1S/C28H31N3O3/c1-20-26(21(2)34-30-20)19-33-27-17-24-13-8-7-12-23(24)16-25(27)28(32)29-14-9-15-31(3)18-22-10-5-4-6-11-22/h4-8,10-13,16-17H,9,14-15,18-19H2,1-3H3,(H,29,32). The Labute approximate surface area is 200 Å². The number of fused-ring (bicyclic) bond motifs is 1. The van der Waals surface area contributed by atoms with Crippen molar-refractivity contribution in [2.75, 3.05) is 20.1 Å². The van der Waals surface area contributed by atoms with E-state index in [0.717, 1.165) is 47.3 Å². The Balaban J connectivity index is 1.40. The third kappa shape index (κ3) is 5.83. The van der Waals surface area contributed by atoms with Crippen LogP contribution >= 0.6 is 0 Å². The van der Waals surface area contributed by atoms with Crippen LogP contribution < -0.4 is 10.1 Å². The fraction of sp³-hybridized carbons (Fsp3) is 0.286. The van der Waals surface area contributed by atoms with Crippen LogP contribution in [0.5, 0.6) is 5.75 Å². The van der Waals surface area contributed by atoms with Crippen molar-refractivity contribution in [3.05, 3.63) is 94.9 Å². The van der Waals surface area contributed by atoms with Crippen molar-refractivity contribution in [1.82, 2.24) is 15.4 Å². The van der Waals surface area contributed by atoms with E-state index in [0.29, 0.717) is 24.5 Å². The molecule has 34 heavy (non-hydrogen) atoms. The van der Waals surface area contributed by atoms with Gasteiger partial charge in [0.25, 0.3) is 5.91 Å². The molecule has 0 bridgehead atoms. The highest BCUT2D eigenvalue weighted by atomic mass is 16.5. The van der Waals surface area contributed by atoms with Gasteiger partial charge in [0.1, 0.15) is 18.1 Å². The maximum absolute atomic E-state index is 13.1. The molecule has 0 atom stereocenters. The summed E-state index contributed by atoms with van der Waals surface area (Å²) < 4.78 is 11.4. The number of carbonyl (C=O) groups is 1. The van der Waals surface area contributed by atoms with Gasteiger partial charge in [-0.25, -0.2) is 0 Å². The highest BCUT2D eigenvalue weighted by Gasteiger charge is 2.16. The summed E-state index contributed by atoms with van der Waals surface area (Å²) in [6.45, 7) is 6.42. The minimum atomic E-state index is -0.134. The Hall–Kier alpha value is -3.64. The molecule has 6 heteroatoms. The van der Waals surface area contributed by atoms with Gasteiger partial charge in [-0.2, -0.15) is 0 Å². The molecular weight excluding hydrogens is 426 g/mol. The summed E-state index contributed by atoms with van der Waals surface area (Å²) >= 11 is 0. The molecule has 1 aromatic heterocycles. The number of aromatic nitrogens is 1. The van der Waals surface area contributed by atoms with E-state index in [-0.39, 0.29) is 5.91 Å². The summed E-state index contributed by atoms with van der Waals surface area (Å²) in [6.07, 6.45) is 0.859. The van der Waals surface area contributed by atoms with Crippen LogP contribution in [0.4, 0.5) is 0 Å². The average molecular weight is 458 g/mol. The van der Waals surface area contributed by atoms with Gasteiger partial charge in [0, 0.05) is 13.1 Å². The molecule has 0 saturated heterocycles. The number of benzene rings is 3. The summed E-state index contributed by atoms with van der Waals surface area (Å²) in [5.74, 6) is 1.14. The van der Waals surface area contributed by atoms with Crippen molar-refractivity contribution >= 4 is 16.7 Å². The number of hydrogen-bond donors (Lipinski definition) is 1. The van der Waals surface area contributed by atoms with E-state index in [1.807, 2.05) is 56.3 Å². The lowest BCUT2D eigenvalue weighted by Gasteiger charge is -2.17. The van der Waals surface area contributed by atoms with Crippen LogP contribution in [0, 0.1) is 13.8 Å². The van der Waals surface area contributed by atoms with Crippen LogP contribution in [0.3, 0.4) is 0 Å². The SMILES string of the molecule is Cc1noc(C)c1COc1cc2ccccc2cc1C(=O)NCCCN(C)Cc1ccccc1. The first kappa shape index (κ1) is 23.5. The molecule has 6 nitrogen and oxygen atoms in total. The number of nitrogens with zero attached hydrogens (tertiary/aromatic N) is 2. The highest BCUT2D eigenvalue weighted by molar-refractivity contribution is 6.01. The minimum Gasteiger partial charge on any atom is -0.488 e. The van der Waals surface area contributed by atoms with Gasteiger partial charge in [-0.3, -0.25) is 4.79 Å². The van der Waals surface area contributed by atoms with Crippen molar-refractivity contribution in [2.45, 2.75) is 33.4 Å². The third-order valence-electron chi connectivity index (χ3n) is 5.94. The maximum Gasteiger partial charge on any atom is 0.255 e. The number of hydrogen-bond acceptors (Lipinski definition) is 5. The van der Waals surface area contributed by atoms with Crippen LogP contribution in [-0.2, 0) is 13.2 Å². The van der Waals surface area contributed by atoms with Gasteiger partial charge in [-0.05, 0) is 62.3 Å². The van der Waals surface area contributed by atoms with Crippen LogP contribution in [0.1, 0.15) is 39.4 Å². The molecule has 0 spiro atoms. The smallest absolute Gasteiger partial charge is 0.255 e. The number of amides is 1. The molecule has 0 unspecified atom stereocenters. The van der Waals surface area contributed by atoms with Gasteiger partial charge in [-0.1, -0.05) is 59.8 Å². The van der Waals surface area contributed by atoms with E-state index in [9.17, 15) is 4.79 Å². The molecule has 0 saturated carbocycles. The van der Waals surface area contributed by atoms with E-state index >= 15 is 0 Å². The quantitative estimate of drug-likeness (QED) is 0.328. The van der Waals surface area contributed by atoms with Crippen molar-refractivity contribution in [1.29, 1.82) is 0 Å². The van der Waals surface area contributed by atoms with Crippen molar-refractivity contribution < 1.29 is 14.1 Å². The van der Waals surface area contributed by atoms with E-state index in [2.05, 4.69) is 46.7 Å². The Kier molecular flexibility index (Phi) is 7.60. The fourth-order valence-electron chi connectivity index (χ4n) is 3.99. The number of aryl methyl sites for hydroxylation is 2. The molecule has 176 valence electrons. The number of nitrogens with one attached hydrogen (secondary N) is 1. The predicted octanol–water partition coefficient (Wildman–Crippen LogP) is 5.28. The molecule has 1 heterocycles. The van der Waals surface area contributed by atoms with Crippen LogP contribution in [0.15, 0.2) is 71.3 Å². The molecule has 0 aliphatic carbocycles. The molecule has 4 rings (SSSR count). The zero-order chi connectivity index (χ0) is 23.9. The summed E-state index contributed by atoms with van der Waals surface area (Å²) in [6, 6.07) is 22.2. The van der Waals surface area contributed by atoms with Gasteiger partial charge in [-0.15, -0.1) is 0 Å². The normalized spacial score (nSPS) is 11.2. The number of ether oxygens (including phenoxy) is 1. The van der Waals surface area contributed by atoms with E-state index < -0.39 is 0 Å². The second-order valence-electron chi connectivity index (χ2n) is 8.62. The zero-order valence-electron chi connectivity index (χ0n) is 20.0. The number of rotatable bonds is 10. The van der Waals surface area contributed by atoms with Crippen molar-refractivity contribution in [3.8, 4) is 5.75 Å². The summed E-state index contributed by atoms with van der Waals surface area (Å²) in [5, 5.41) is 9.07. The fourth-order valence-corrected chi connectivity index (χ4v) is 3.99. The second kappa shape index (κ2) is 11.0. The summed E-state index contributed by atoms with van der Waals surface area (Å²) in [4.78, 5) is 15.4. The first-order valence-corrected chi connectivity index (χ1v) is 11.6. The molecule has 0 radical (unpaired) electrons. The van der Waals surface area contributed by atoms with Crippen LogP contribution in [-0.4, -0.2) is 36.1 Å².